The number of nitro benzene ring substituents is 1. The number of amides is 1. The minimum absolute atomic E-state index is 0.00150. The molecule has 7 heteroatoms. The van der Waals surface area contributed by atoms with Gasteiger partial charge >= 0.3 is 0 Å². The van der Waals surface area contributed by atoms with E-state index in [0.717, 1.165) is 4.90 Å². The highest BCUT2D eigenvalue weighted by molar-refractivity contribution is 7.98. The Morgan fingerprint density at radius 3 is 2.63 bits per heavy atom. The summed E-state index contributed by atoms with van der Waals surface area (Å²) < 4.78 is 0. The van der Waals surface area contributed by atoms with Crippen LogP contribution in [0.4, 0.5) is 5.69 Å². The summed E-state index contributed by atoms with van der Waals surface area (Å²) in [4.78, 5) is 23.2. The maximum atomic E-state index is 12.1. The van der Waals surface area contributed by atoms with Crippen LogP contribution in [0.2, 0.25) is 0 Å². The van der Waals surface area contributed by atoms with Gasteiger partial charge in [0.05, 0.1) is 17.1 Å². The molecule has 0 aromatic heterocycles. The van der Waals surface area contributed by atoms with Gasteiger partial charge in [0.15, 0.2) is 0 Å². The number of hydrogen-bond donors (Lipinski definition) is 2. The molecule has 0 aliphatic heterocycles. The second kappa shape index (κ2) is 6.03. The third-order valence-corrected chi connectivity index (χ3v) is 3.22. The molecule has 1 aromatic carbocycles. The van der Waals surface area contributed by atoms with E-state index >= 15 is 0 Å². The molecular formula is C12H16N2O4S. The smallest absolute Gasteiger partial charge is 0.282 e. The summed E-state index contributed by atoms with van der Waals surface area (Å²) in [6, 6.07) is 4.38. The zero-order chi connectivity index (χ0) is 14.6. The van der Waals surface area contributed by atoms with Gasteiger partial charge in [-0.3, -0.25) is 14.9 Å². The molecule has 19 heavy (non-hydrogen) atoms. The molecule has 2 N–H and O–H groups in total. The van der Waals surface area contributed by atoms with E-state index in [1.807, 2.05) is 6.26 Å². The summed E-state index contributed by atoms with van der Waals surface area (Å²) in [7, 11) is 0. The molecule has 0 atom stereocenters. The quantitative estimate of drug-likeness (QED) is 0.489. The van der Waals surface area contributed by atoms with Gasteiger partial charge < -0.3 is 10.4 Å². The van der Waals surface area contributed by atoms with E-state index in [-0.39, 0.29) is 17.9 Å². The van der Waals surface area contributed by atoms with Crippen molar-refractivity contribution >= 4 is 23.4 Å². The summed E-state index contributed by atoms with van der Waals surface area (Å²) in [5, 5.41) is 22.6. The lowest BCUT2D eigenvalue weighted by Crippen LogP contribution is -2.46. The molecular weight excluding hydrogens is 268 g/mol. The number of aliphatic hydroxyl groups is 1. The Bertz CT molecular complexity index is 503. The number of thioether (sulfide) groups is 1. The number of benzene rings is 1. The van der Waals surface area contributed by atoms with E-state index in [1.54, 1.807) is 19.9 Å². The van der Waals surface area contributed by atoms with Crippen LogP contribution in [-0.4, -0.2) is 34.3 Å². The van der Waals surface area contributed by atoms with Crippen LogP contribution in [0.1, 0.15) is 24.2 Å². The Morgan fingerprint density at radius 1 is 1.53 bits per heavy atom. The van der Waals surface area contributed by atoms with Crippen LogP contribution in [0, 0.1) is 10.1 Å². The van der Waals surface area contributed by atoms with Gasteiger partial charge in [0.2, 0.25) is 0 Å². The van der Waals surface area contributed by atoms with Gasteiger partial charge in [0.25, 0.3) is 11.6 Å². The van der Waals surface area contributed by atoms with Gasteiger partial charge in [-0.25, -0.2) is 0 Å². The lowest BCUT2D eigenvalue weighted by Gasteiger charge is -2.23. The lowest BCUT2D eigenvalue weighted by molar-refractivity contribution is -0.385. The molecule has 0 aliphatic rings. The molecule has 0 fully saturated rings. The minimum atomic E-state index is -0.833. The number of carbonyl (C=O) groups is 1. The van der Waals surface area contributed by atoms with Crippen molar-refractivity contribution in [3.8, 4) is 0 Å². The predicted molar refractivity (Wildman–Crippen MR) is 73.5 cm³/mol. The summed E-state index contributed by atoms with van der Waals surface area (Å²) in [5.41, 5.74) is -1.08. The van der Waals surface area contributed by atoms with Crippen LogP contribution in [0.25, 0.3) is 0 Å². The maximum Gasteiger partial charge on any atom is 0.282 e. The second-order valence-corrected chi connectivity index (χ2v) is 5.52. The number of aliphatic hydroxyl groups excluding tert-OH is 1. The van der Waals surface area contributed by atoms with Gasteiger partial charge in [-0.15, -0.1) is 11.8 Å². The van der Waals surface area contributed by atoms with E-state index in [4.69, 9.17) is 5.11 Å². The SMILES string of the molecule is CSc1ccc([N+](=O)[O-])c(C(=O)NC(C)(C)CO)c1. The second-order valence-electron chi connectivity index (χ2n) is 4.64. The molecule has 0 radical (unpaired) electrons. The van der Waals surface area contributed by atoms with E-state index in [0.29, 0.717) is 0 Å². The van der Waals surface area contributed by atoms with E-state index < -0.39 is 16.4 Å². The van der Waals surface area contributed by atoms with Crippen molar-refractivity contribution in [1.29, 1.82) is 0 Å². The lowest BCUT2D eigenvalue weighted by atomic mass is 10.1. The van der Waals surface area contributed by atoms with Crippen molar-refractivity contribution in [2.75, 3.05) is 12.9 Å². The third-order valence-electron chi connectivity index (χ3n) is 2.49. The number of rotatable bonds is 5. The summed E-state index contributed by atoms with van der Waals surface area (Å²) in [5.74, 6) is -0.568. The van der Waals surface area contributed by atoms with E-state index in [2.05, 4.69) is 5.32 Å². The zero-order valence-corrected chi connectivity index (χ0v) is 11.8. The predicted octanol–water partition coefficient (Wildman–Crippen LogP) is 1.82. The Kier molecular flexibility index (Phi) is 4.90. The molecule has 0 bridgehead atoms. The van der Waals surface area contributed by atoms with Crippen molar-refractivity contribution in [2.45, 2.75) is 24.3 Å². The first-order valence-electron chi connectivity index (χ1n) is 5.56. The standard InChI is InChI=1S/C12H16N2O4S/c1-12(2,7-15)13-11(16)9-6-8(19-3)4-5-10(9)14(17)18/h4-6,15H,7H2,1-3H3,(H,13,16). The van der Waals surface area contributed by atoms with Crippen molar-refractivity contribution in [3.63, 3.8) is 0 Å². The average Bonchev–Trinajstić information content (AvgIpc) is 2.37. The van der Waals surface area contributed by atoms with Crippen molar-refractivity contribution in [2.24, 2.45) is 0 Å². The van der Waals surface area contributed by atoms with Gasteiger partial charge in [-0.05, 0) is 32.2 Å². The number of carbonyl (C=O) groups excluding carboxylic acids is 1. The monoisotopic (exact) mass is 284 g/mol. The van der Waals surface area contributed by atoms with Gasteiger partial charge in [-0.2, -0.15) is 0 Å². The fourth-order valence-corrected chi connectivity index (χ4v) is 1.84. The fraction of sp³-hybridized carbons (Fsp3) is 0.417. The largest absolute Gasteiger partial charge is 0.394 e. The third kappa shape index (κ3) is 3.93. The highest BCUT2D eigenvalue weighted by Crippen LogP contribution is 2.25. The summed E-state index contributed by atoms with van der Waals surface area (Å²) in [6.07, 6.45) is 1.82. The van der Waals surface area contributed by atoms with Crippen LogP contribution in [0.5, 0.6) is 0 Å². The zero-order valence-electron chi connectivity index (χ0n) is 11.0. The van der Waals surface area contributed by atoms with Crippen LogP contribution >= 0.6 is 11.8 Å². The Hall–Kier alpha value is -1.60. The maximum absolute atomic E-state index is 12.1. The normalized spacial score (nSPS) is 11.2. The Labute approximate surface area is 115 Å². The van der Waals surface area contributed by atoms with Crippen LogP contribution in [-0.2, 0) is 0 Å². The number of nitrogens with one attached hydrogen (secondary N) is 1. The Balaban J connectivity index is 3.16. The molecule has 6 nitrogen and oxygen atoms in total. The molecule has 1 rings (SSSR count). The minimum Gasteiger partial charge on any atom is -0.394 e. The highest BCUT2D eigenvalue weighted by atomic mass is 32.2. The molecule has 0 heterocycles. The first kappa shape index (κ1) is 15.5. The van der Waals surface area contributed by atoms with Crippen LogP contribution < -0.4 is 5.32 Å². The summed E-state index contributed by atoms with van der Waals surface area (Å²) >= 11 is 1.39. The topological polar surface area (TPSA) is 92.5 Å². The van der Waals surface area contributed by atoms with Crippen molar-refractivity contribution in [1.82, 2.24) is 5.32 Å². The fourth-order valence-electron chi connectivity index (χ4n) is 1.40. The van der Waals surface area contributed by atoms with Gasteiger partial charge in [0.1, 0.15) is 5.56 Å². The van der Waals surface area contributed by atoms with E-state index in [1.165, 1.54) is 23.9 Å². The molecule has 1 amide bonds. The van der Waals surface area contributed by atoms with Crippen molar-refractivity contribution < 1.29 is 14.8 Å². The van der Waals surface area contributed by atoms with Gasteiger partial charge in [-0.1, -0.05) is 0 Å². The van der Waals surface area contributed by atoms with Crippen molar-refractivity contribution in [3.05, 3.63) is 33.9 Å². The molecule has 0 saturated carbocycles. The first-order valence-corrected chi connectivity index (χ1v) is 6.79. The number of nitrogens with zero attached hydrogens (tertiary/aromatic N) is 1. The van der Waals surface area contributed by atoms with Gasteiger partial charge in [0, 0.05) is 11.0 Å². The first-order chi connectivity index (χ1) is 8.80. The molecule has 1 aromatic rings. The van der Waals surface area contributed by atoms with Crippen LogP contribution in [0.15, 0.2) is 23.1 Å². The molecule has 0 unspecified atom stereocenters. The molecule has 104 valence electrons. The molecule has 0 spiro atoms. The van der Waals surface area contributed by atoms with E-state index in [9.17, 15) is 14.9 Å². The number of nitro groups is 1. The Morgan fingerprint density at radius 2 is 2.16 bits per heavy atom. The summed E-state index contributed by atoms with van der Waals surface area (Å²) in [6.45, 7) is 3.01. The number of hydrogen-bond acceptors (Lipinski definition) is 5. The average molecular weight is 284 g/mol. The molecule has 0 saturated heterocycles. The highest BCUT2D eigenvalue weighted by Gasteiger charge is 2.25. The van der Waals surface area contributed by atoms with Crippen LogP contribution in [0.3, 0.4) is 0 Å². The molecule has 0 aliphatic carbocycles.